The van der Waals surface area contributed by atoms with Crippen molar-refractivity contribution in [2.45, 2.75) is 0 Å². The fourth-order valence-corrected chi connectivity index (χ4v) is 1.21. The molecule has 0 heterocycles. The van der Waals surface area contributed by atoms with Crippen LogP contribution in [0.3, 0.4) is 0 Å². The van der Waals surface area contributed by atoms with E-state index >= 15 is 0 Å². The average Bonchev–Trinajstić information content (AvgIpc) is 2.29. The van der Waals surface area contributed by atoms with E-state index in [0.717, 1.165) is 6.07 Å². The Hall–Kier alpha value is -1.62. The predicted molar refractivity (Wildman–Crippen MR) is 59.2 cm³/mol. The average molecular weight is 226 g/mol. The van der Waals surface area contributed by atoms with Crippen LogP contribution in [0.4, 0.5) is 4.39 Å². The molecular formula is C11H15FN2O2. The van der Waals surface area contributed by atoms with Crippen LogP contribution in [0.2, 0.25) is 0 Å². The molecule has 0 unspecified atom stereocenters. The highest BCUT2D eigenvalue weighted by atomic mass is 19.1. The minimum Gasteiger partial charge on any atom is -0.494 e. The van der Waals surface area contributed by atoms with Crippen LogP contribution in [0.5, 0.6) is 5.75 Å². The number of carbonyl (C=O) groups is 1. The smallest absolute Gasteiger partial charge is 0.251 e. The SMILES string of the molecule is CNCCNC(=O)c1ccc(OC)c(F)c1. The number of nitrogens with one attached hydrogen (secondary N) is 2. The number of benzene rings is 1. The summed E-state index contributed by atoms with van der Waals surface area (Å²) in [7, 11) is 3.17. The number of methoxy groups -OCH3 is 1. The third-order valence-electron chi connectivity index (χ3n) is 2.07. The van der Waals surface area contributed by atoms with Crippen molar-refractivity contribution in [2.75, 3.05) is 27.2 Å². The van der Waals surface area contributed by atoms with E-state index in [-0.39, 0.29) is 17.2 Å². The molecule has 0 radical (unpaired) electrons. The third-order valence-corrected chi connectivity index (χ3v) is 2.07. The Morgan fingerprint density at radius 3 is 2.75 bits per heavy atom. The van der Waals surface area contributed by atoms with E-state index in [9.17, 15) is 9.18 Å². The third kappa shape index (κ3) is 3.20. The lowest BCUT2D eigenvalue weighted by Gasteiger charge is -2.06. The Balaban J connectivity index is 2.66. The Morgan fingerprint density at radius 2 is 2.19 bits per heavy atom. The number of rotatable bonds is 5. The lowest BCUT2D eigenvalue weighted by Crippen LogP contribution is -2.30. The molecule has 0 aromatic heterocycles. The minimum atomic E-state index is -0.538. The molecule has 1 aromatic carbocycles. The molecule has 0 aliphatic carbocycles. The molecule has 5 heteroatoms. The summed E-state index contributed by atoms with van der Waals surface area (Å²) < 4.78 is 18.0. The molecule has 0 atom stereocenters. The highest BCUT2D eigenvalue weighted by Gasteiger charge is 2.09. The molecule has 0 bridgehead atoms. The van der Waals surface area contributed by atoms with Crippen molar-refractivity contribution < 1.29 is 13.9 Å². The van der Waals surface area contributed by atoms with Gasteiger partial charge < -0.3 is 15.4 Å². The van der Waals surface area contributed by atoms with Gasteiger partial charge in [0.05, 0.1) is 7.11 Å². The summed E-state index contributed by atoms with van der Waals surface area (Å²) in [5.41, 5.74) is 0.286. The van der Waals surface area contributed by atoms with Gasteiger partial charge in [-0.05, 0) is 25.2 Å². The van der Waals surface area contributed by atoms with Crippen molar-refractivity contribution in [2.24, 2.45) is 0 Å². The minimum absolute atomic E-state index is 0.131. The largest absolute Gasteiger partial charge is 0.494 e. The molecule has 4 nitrogen and oxygen atoms in total. The molecule has 0 aliphatic heterocycles. The normalized spacial score (nSPS) is 9.94. The second-order valence-electron chi connectivity index (χ2n) is 3.21. The second-order valence-corrected chi connectivity index (χ2v) is 3.21. The van der Waals surface area contributed by atoms with E-state index in [1.165, 1.54) is 19.2 Å². The maximum atomic E-state index is 13.3. The van der Waals surface area contributed by atoms with Gasteiger partial charge in [-0.25, -0.2) is 4.39 Å². The highest BCUT2D eigenvalue weighted by molar-refractivity contribution is 5.94. The number of amides is 1. The van der Waals surface area contributed by atoms with Gasteiger partial charge in [-0.1, -0.05) is 0 Å². The maximum absolute atomic E-state index is 13.3. The fraction of sp³-hybridized carbons (Fsp3) is 0.364. The fourth-order valence-electron chi connectivity index (χ4n) is 1.21. The van der Waals surface area contributed by atoms with Gasteiger partial charge in [0.1, 0.15) is 0 Å². The Labute approximate surface area is 93.8 Å². The van der Waals surface area contributed by atoms with E-state index in [4.69, 9.17) is 4.74 Å². The van der Waals surface area contributed by atoms with Crippen molar-refractivity contribution in [3.05, 3.63) is 29.6 Å². The molecule has 0 spiro atoms. The number of halogens is 1. The summed E-state index contributed by atoms with van der Waals surface area (Å²) in [5.74, 6) is -0.702. The van der Waals surface area contributed by atoms with Gasteiger partial charge in [0.2, 0.25) is 0 Å². The predicted octanol–water partition coefficient (Wildman–Crippen LogP) is 0.783. The quantitative estimate of drug-likeness (QED) is 0.730. The maximum Gasteiger partial charge on any atom is 0.251 e. The summed E-state index contributed by atoms with van der Waals surface area (Å²) in [6.45, 7) is 1.17. The van der Waals surface area contributed by atoms with Gasteiger partial charge in [0.25, 0.3) is 5.91 Å². The lowest BCUT2D eigenvalue weighted by atomic mass is 10.2. The first-order valence-corrected chi connectivity index (χ1v) is 4.95. The zero-order chi connectivity index (χ0) is 12.0. The zero-order valence-corrected chi connectivity index (χ0v) is 9.34. The first kappa shape index (κ1) is 12.4. The Bertz CT molecular complexity index is 369. The molecule has 1 aromatic rings. The first-order valence-electron chi connectivity index (χ1n) is 4.95. The number of carbonyl (C=O) groups excluding carboxylic acids is 1. The summed E-state index contributed by atoms with van der Waals surface area (Å²) in [6.07, 6.45) is 0. The van der Waals surface area contributed by atoms with E-state index in [2.05, 4.69) is 10.6 Å². The van der Waals surface area contributed by atoms with Crippen molar-refractivity contribution in [1.29, 1.82) is 0 Å². The standard InChI is InChI=1S/C11H15FN2O2/c1-13-5-6-14-11(15)8-3-4-10(16-2)9(12)7-8/h3-4,7,13H,5-6H2,1-2H3,(H,14,15). The van der Waals surface area contributed by atoms with Crippen LogP contribution in [0, 0.1) is 5.82 Å². The molecule has 0 aliphatic rings. The van der Waals surface area contributed by atoms with Gasteiger partial charge in [-0.2, -0.15) is 0 Å². The Kier molecular flexibility index (Phi) is 4.72. The molecule has 1 amide bonds. The molecule has 2 N–H and O–H groups in total. The number of likely N-dealkylation sites (N-methyl/N-ethyl adjacent to an activating group) is 1. The summed E-state index contributed by atoms with van der Waals surface area (Å²) in [4.78, 5) is 11.5. The monoisotopic (exact) mass is 226 g/mol. The molecule has 16 heavy (non-hydrogen) atoms. The van der Waals surface area contributed by atoms with Crippen LogP contribution in [0.1, 0.15) is 10.4 Å². The van der Waals surface area contributed by atoms with Gasteiger partial charge in [-0.3, -0.25) is 4.79 Å². The van der Waals surface area contributed by atoms with E-state index in [1.807, 2.05) is 0 Å². The van der Waals surface area contributed by atoms with Crippen molar-refractivity contribution in [3.8, 4) is 5.75 Å². The van der Waals surface area contributed by atoms with Gasteiger partial charge >= 0.3 is 0 Å². The first-order chi connectivity index (χ1) is 7.69. The molecule has 0 saturated carbocycles. The zero-order valence-electron chi connectivity index (χ0n) is 9.34. The van der Waals surface area contributed by atoms with Crippen LogP contribution >= 0.6 is 0 Å². The molecule has 0 fully saturated rings. The van der Waals surface area contributed by atoms with Crippen LogP contribution in [-0.4, -0.2) is 33.2 Å². The molecule has 88 valence electrons. The molecular weight excluding hydrogens is 211 g/mol. The molecule has 1 rings (SSSR count). The number of hydrogen-bond acceptors (Lipinski definition) is 3. The van der Waals surface area contributed by atoms with Crippen LogP contribution in [-0.2, 0) is 0 Å². The summed E-state index contributed by atoms with van der Waals surface area (Å²) >= 11 is 0. The number of ether oxygens (including phenoxy) is 1. The van der Waals surface area contributed by atoms with E-state index in [1.54, 1.807) is 7.05 Å². The van der Waals surface area contributed by atoms with Gasteiger partial charge in [0, 0.05) is 18.7 Å². The topological polar surface area (TPSA) is 50.4 Å². The molecule has 0 saturated heterocycles. The Morgan fingerprint density at radius 1 is 1.44 bits per heavy atom. The van der Waals surface area contributed by atoms with Crippen LogP contribution in [0.25, 0.3) is 0 Å². The lowest BCUT2D eigenvalue weighted by molar-refractivity contribution is 0.0953. The van der Waals surface area contributed by atoms with E-state index < -0.39 is 5.82 Å². The highest BCUT2D eigenvalue weighted by Crippen LogP contribution is 2.17. The number of hydrogen-bond donors (Lipinski definition) is 2. The van der Waals surface area contributed by atoms with Crippen LogP contribution < -0.4 is 15.4 Å². The van der Waals surface area contributed by atoms with Crippen LogP contribution in [0.15, 0.2) is 18.2 Å². The van der Waals surface area contributed by atoms with Gasteiger partial charge in [0.15, 0.2) is 11.6 Å². The van der Waals surface area contributed by atoms with E-state index in [0.29, 0.717) is 13.1 Å². The summed E-state index contributed by atoms with van der Waals surface area (Å²) in [5, 5.41) is 5.55. The second kappa shape index (κ2) is 6.07. The van der Waals surface area contributed by atoms with Crippen molar-refractivity contribution in [3.63, 3.8) is 0 Å². The van der Waals surface area contributed by atoms with Crippen molar-refractivity contribution >= 4 is 5.91 Å². The van der Waals surface area contributed by atoms with Crippen molar-refractivity contribution in [1.82, 2.24) is 10.6 Å². The summed E-state index contributed by atoms with van der Waals surface area (Å²) in [6, 6.07) is 4.12. The van der Waals surface area contributed by atoms with Gasteiger partial charge in [-0.15, -0.1) is 0 Å².